The van der Waals surface area contributed by atoms with Crippen molar-refractivity contribution in [1.29, 1.82) is 0 Å². The van der Waals surface area contributed by atoms with Gasteiger partial charge in [-0.3, -0.25) is 0 Å². The van der Waals surface area contributed by atoms with Gasteiger partial charge in [0, 0.05) is 19.0 Å². The van der Waals surface area contributed by atoms with E-state index in [1.165, 1.54) is 0 Å². The van der Waals surface area contributed by atoms with Crippen molar-refractivity contribution in [3.63, 3.8) is 0 Å². The number of alkyl halides is 1. The Morgan fingerprint density at radius 2 is 2.40 bits per heavy atom. The van der Waals surface area contributed by atoms with Crippen LogP contribution >= 0.6 is 0 Å². The standard InChI is InChI=1S/C7H12FNO/c1-7(8)5-2-9-3-6(7)10-4-5/h5-6,9H,2-4H2,1H3. The lowest BCUT2D eigenvalue weighted by Crippen LogP contribution is -2.51. The lowest BCUT2D eigenvalue weighted by molar-refractivity contribution is 0.0164. The van der Waals surface area contributed by atoms with Crippen molar-refractivity contribution in [3.05, 3.63) is 0 Å². The van der Waals surface area contributed by atoms with Crippen LogP contribution in [0.3, 0.4) is 0 Å². The van der Waals surface area contributed by atoms with Gasteiger partial charge in [-0.05, 0) is 6.92 Å². The van der Waals surface area contributed by atoms with Gasteiger partial charge < -0.3 is 10.1 Å². The SMILES string of the molecule is CC1(F)C2CNCC1OC2. The van der Waals surface area contributed by atoms with Crippen LogP contribution in [0.1, 0.15) is 6.92 Å². The summed E-state index contributed by atoms with van der Waals surface area (Å²) in [5.74, 6) is 0.0752. The Kier molecular flexibility index (Phi) is 1.26. The maximum Gasteiger partial charge on any atom is 0.141 e. The molecule has 3 unspecified atom stereocenters. The van der Waals surface area contributed by atoms with E-state index in [1.54, 1.807) is 6.92 Å². The molecule has 0 saturated carbocycles. The van der Waals surface area contributed by atoms with Crippen LogP contribution in [-0.2, 0) is 4.74 Å². The van der Waals surface area contributed by atoms with E-state index in [0.29, 0.717) is 13.2 Å². The molecule has 2 aliphatic rings. The second-order valence-corrected chi connectivity index (χ2v) is 3.33. The molecule has 2 heterocycles. The minimum atomic E-state index is -1.08. The van der Waals surface area contributed by atoms with Crippen LogP contribution < -0.4 is 5.32 Å². The molecule has 3 heteroatoms. The number of hydrogen-bond donors (Lipinski definition) is 1. The van der Waals surface area contributed by atoms with E-state index in [2.05, 4.69) is 5.32 Å². The Balaban J connectivity index is 2.21. The molecule has 1 N–H and O–H groups in total. The number of hydrogen-bond acceptors (Lipinski definition) is 2. The van der Waals surface area contributed by atoms with Crippen molar-refractivity contribution < 1.29 is 9.13 Å². The maximum atomic E-state index is 13.6. The zero-order chi connectivity index (χ0) is 7.19. The van der Waals surface area contributed by atoms with E-state index in [0.717, 1.165) is 6.54 Å². The summed E-state index contributed by atoms with van der Waals surface area (Å²) in [6.45, 7) is 3.67. The maximum absolute atomic E-state index is 13.6. The van der Waals surface area contributed by atoms with Crippen molar-refractivity contribution >= 4 is 0 Å². The highest BCUT2D eigenvalue weighted by Gasteiger charge is 2.50. The molecule has 0 aliphatic carbocycles. The van der Waals surface area contributed by atoms with Crippen LogP contribution in [0, 0.1) is 5.92 Å². The summed E-state index contributed by atoms with van der Waals surface area (Å²) in [4.78, 5) is 0. The summed E-state index contributed by atoms with van der Waals surface area (Å²) in [6, 6.07) is 0. The van der Waals surface area contributed by atoms with E-state index in [9.17, 15) is 4.39 Å². The van der Waals surface area contributed by atoms with Crippen molar-refractivity contribution in [2.24, 2.45) is 5.92 Å². The molecular weight excluding hydrogens is 133 g/mol. The predicted molar refractivity (Wildman–Crippen MR) is 35.6 cm³/mol. The summed E-state index contributed by atoms with van der Waals surface area (Å²) in [5.41, 5.74) is -1.08. The van der Waals surface area contributed by atoms with E-state index >= 15 is 0 Å². The Morgan fingerprint density at radius 3 is 3.00 bits per heavy atom. The number of ether oxygens (including phenoxy) is 1. The summed E-state index contributed by atoms with van der Waals surface area (Å²) < 4.78 is 18.8. The Bertz CT molecular complexity index is 131. The molecule has 10 heavy (non-hydrogen) atoms. The van der Waals surface area contributed by atoms with Crippen LogP contribution in [0.2, 0.25) is 0 Å². The number of nitrogens with one attached hydrogen (secondary N) is 1. The monoisotopic (exact) mass is 145 g/mol. The number of fused-ring (bicyclic) bond motifs is 2. The molecule has 2 rings (SSSR count). The lowest BCUT2D eigenvalue weighted by atomic mass is 9.86. The third-order valence-corrected chi connectivity index (χ3v) is 2.65. The normalized spacial score (nSPS) is 53.4. The van der Waals surface area contributed by atoms with E-state index in [-0.39, 0.29) is 12.0 Å². The van der Waals surface area contributed by atoms with Crippen LogP contribution in [0.15, 0.2) is 0 Å². The Labute approximate surface area is 59.7 Å². The van der Waals surface area contributed by atoms with Gasteiger partial charge in [-0.1, -0.05) is 0 Å². The van der Waals surface area contributed by atoms with Gasteiger partial charge in [-0.2, -0.15) is 0 Å². The quantitative estimate of drug-likeness (QED) is 0.530. The number of piperidine rings is 1. The molecule has 2 saturated heterocycles. The van der Waals surface area contributed by atoms with Gasteiger partial charge >= 0.3 is 0 Å². The predicted octanol–water partition coefficient (Wildman–Crippen LogP) is 0.333. The lowest BCUT2D eigenvalue weighted by Gasteiger charge is -2.31. The molecule has 2 fully saturated rings. The molecule has 3 atom stereocenters. The first-order chi connectivity index (χ1) is 4.71. The van der Waals surface area contributed by atoms with Gasteiger partial charge in [0.15, 0.2) is 0 Å². The minimum absolute atomic E-state index is 0.0752. The third kappa shape index (κ3) is 0.705. The van der Waals surface area contributed by atoms with E-state index in [4.69, 9.17) is 4.74 Å². The average molecular weight is 145 g/mol. The minimum Gasteiger partial charge on any atom is -0.373 e. The molecule has 2 aliphatic heterocycles. The first kappa shape index (κ1) is 6.55. The third-order valence-electron chi connectivity index (χ3n) is 2.65. The first-order valence-electron chi connectivity index (χ1n) is 3.72. The van der Waals surface area contributed by atoms with Crippen LogP contribution in [0.4, 0.5) is 4.39 Å². The second-order valence-electron chi connectivity index (χ2n) is 3.33. The fourth-order valence-electron chi connectivity index (χ4n) is 1.73. The molecule has 0 aromatic rings. The fourth-order valence-corrected chi connectivity index (χ4v) is 1.73. The molecule has 0 amide bonds. The van der Waals surface area contributed by atoms with Crippen LogP contribution in [-0.4, -0.2) is 31.5 Å². The Hall–Kier alpha value is -0.150. The first-order valence-corrected chi connectivity index (χ1v) is 3.72. The van der Waals surface area contributed by atoms with Gasteiger partial charge in [0.1, 0.15) is 11.8 Å². The molecule has 2 nitrogen and oxygen atoms in total. The fraction of sp³-hybridized carbons (Fsp3) is 1.00. The van der Waals surface area contributed by atoms with Crippen molar-refractivity contribution in [1.82, 2.24) is 5.32 Å². The largest absolute Gasteiger partial charge is 0.373 e. The number of halogens is 1. The van der Waals surface area contributed by atoms with Crippen molar-refractivity contribution in [2.75, 3.05) is 19.7 Å². The molecule has 0 aromatic carbocycles. The molecule has 58 valence electrons. The van der Waals surface area contributed by atoms with Crippen molar-refractivity contribution in [2.45, 2.75) is 18.7 Å². The van der Waals surface area contributed by atoms with Gasteiger partial charge in [0.05, 0.1) is 6.61 Å². The molecule has 0 aromatic heterocycles. The molecule has 2 bridgehead atoms. The smallest absolute Gasteiger partial charge is 0.141 e. The van der Waals surface area contributed by atoms with Crippen LogP contribution in [0.5, 0.6) is 0 Å². The molecule has 0 spiro atoms. The van der Waals surface area contributed by atoms with Gasteiger partial charge in [0.2, 0.25) is 0 Å². The van der Waals surface area contributed by atoms with Crippen LogP contribution in [0.25, 0.3) is 0 Å². The number of rotatable bonds is 0. The highest BCUT2D eigenvalue weighted by atomic mass is 19.1. The van der Waals surface area contributed by atoms with E-state index < -0.39 is 5.67 Å². The molecular formula is C7H12FNO. The van der Waals surface area contributed by atoms with Gasteiger partial charge in [0.25, 0.3) is 0 Å². The van der Waals surface area contributed by atoms with E-state index in [1.807, 2.05) is 0 Å². The zero-order valence-corrected chi connectivity index (χ0v) is 6.06. The second kappa shape index (κ2) is 1.92. The summed E-state index contributed by atoms with van der Waals surface area (Å²) in [6.07, 6.45) is -0.203. The zero-order valence-electron chi connectivity index (χ0n) is 6.06. The van der Waals surface area contributed by atoms with Crippen molar-refractivity contribution in [3.8, 4) is 0 Å². The Morgan fingerprint density at radius 1 is 1.60 bits per heavy atom. The highest BCUT2D eigenvalue weighted by molar-refractivity contribution is 5.00. The van der Waals surface area contributed by atoms with Gasteiger partial charge in [-0.15, -0.1) is 0 Å². The molecule has 0 radical (unpaired) electrons. The average Bonchev–Trinajstić information content (AvgIpc) is 2.17. The van der Waals surface area contributed by atoms with Gasteiger partial charge in [-0.25, -0.2) is 4.39 Å². The highest BCUT2D eigenvalue weighted by Crippen LogP contribution is 2.36. The summed E-state index contributed by atoms with van der Waals surface area (Å²) >= 11 is 0. The summed E-state index contributed by atoms with van der Waals surface area (Å²) in [5, 5.41) is 3.14. The topological polar surface area (TPSA) is 21.3 Å². The summed E-state index contributed by atoms with van der Waals surface area (Å²) in [7, 11) is 0.